The first-order chi connectivity index (χ1) is 4.63. The molecular weight excluding hydrogens is 373 g/mol. The minimum Gasteiger partial charge on any atom is -0.550 e. The van der Waals surface area contributed by atoms with Gasteiger partial charge in [-0.15, -0.1) is 0 Å². The van der Waals surface area contributed by atoms with Crippen molar-refractivity contribution in [3.63, 3.8) is 0 Å². The number of carbonyl (C=O) groups excluding carboxylic acids is 2. The summed E-state index contributed by atoms with van der Waals surface area (Å²) in [7, 11) is 0. The van der Waals surface area contributed by atoms with Gasteiger partial charge in [0.15, 0.2) is 0 Å². The summed E-state index contributed by atoms with van der Waals surface area (Å²) < 4.78 is 0. The van der Waals surface area contributed by atoms with E-state index in [1.807, 2.05) is 0 Å². The Bertz CT molecular complexity index is 127. The van der Waals surface area contributed by atoms with E-state index in [-0.39, 0.29) is 51.3 Å². The van der Waals surface area contributed by atoms with Crippen LogP contribution in [0.3, 0.4) is 0 Å². The Morgan fingerprint density at radius 1 is 0.846 bits per heavy atom. The van der Waals surface area contributed by atoms with Gasteiger partial charge in [-0.05, 0) is 25.7 Å². The maximum atomic E-state index is 9.77. The number of rotatable bonds is 5. The zero-order valence-corrected chi connectivity index (χ0v) is 11.4. The number of hydrogen-bond donors (Lipinski definition) is 2. The van der Waals surface area contributed by atoms with Crippen molar-refractivity contribution in [2.45, 2.75) is 25.7 Å². The Morgan fingerprint density at radius 3 is 1.23 bits per heavy atom. The second kappa shape index (κ2) is 14.3. The van der Waals surface area contributed by atoms with E-state index in [9.17, 15) is 19.8 Å². The largest absolute Gasteiger partial charge is 0.550 e. The van der Waals surface area contributed by atoms with Crippen molar-refractivity contribution in [1.82, 2.24) is 12.3 Å². The van der Waals surface area contributed by atoms with Crippen molar-refractivity contribution in [3.05, 3.63) is 0 Å². The monoisotopic (exact) mass is 389 g/mol. The molecule has 0 bridgehead atoms. The predicted molar refractivity (Wildman–Crippen MR) is 46.2 cm³/mol. The van der Waals surface area contributed by atoms with Gasteiger partial charge in [0.1, 0.15) is 0 Å². The first kappa shape index (κ1) is 23.0. The summed E-state index contributed by atoms with van der Waals surface area (Å²) in [5.74, 6) is -2.28. The first-order valence-corrected chi connectivity index (χ1v) is 3.02. The number of carboxylic acids is 2. The fraction of sp³-hybridized carbons (Fsp3) is 0.667. The Kier molecular flexibility index (Phi) is 25.2. The van der Waals surface area contributed by atoms with Crippen LogP contribution in [0.25, 0.3) is 0 Å². The fourth-order valence-electron chi connectivity index (χ4n) is 0.539. The molecule has 0 aromatic heterocycles. The van der Waals surface area contributed by atoms with Crippen LogP contribution in [-0.4, -0.2) is 38.1 Å². The quantitative estimate of drug-likeness (QED) is 0.430. The first-order valence-electron chi connectivity index (χ1n) is 3.02. The third kappa shape index (κ3) is 24.5. The van der Waals surface area contributed by atoms with E-state index in [1.165, 1.54) is 0 Å². The smallest absolute Gasteiger partial charge is 0.0414 e. The normalized spacial score (nSPS) is 7.08. The third-order valence-electron chi connectivity index (χ3n) is 1.01. The molecule has 13 heavy (non-hydrogen) atoms. The van der Waals surface area contributed by atoms with Gasteiger partial charge < -0.3 is 32.1 Å². The zero-order chi connectivity index (χ0) is 7.98. The second-order valence-electron chi connectivity index (χ2n) is 1.95. The van der Waals surface area contributed by atoms with Crippen LogP contribution in [0, 0.1) is 0 Å². The van der Waals surface area contributed by atoms with E-state index in [0.717, 1.165) is 0 Å². The van der Waals surface area contributed by atoms with Crippen LogP contribution in [0.1, 0.15) is 25.7 Å². The van der Waals surface area contributed by atoms with Gasteiger partial charge in [0.25, 0.3) is 0 Å². The van der Waals surface area contributed by atoms with Crippen molar-refractivity contribution in [2.24, 2.45) is 0 Å². The zero-order valence-electron chi connectivity index (χ0n) is 7.91. The number of quaternary nitrogens is 2. The van der Waals surface area contributed by atoms with Crippen molar-refractivity contribution in [2.75, 3.05) is 0 Å². The Hall–Kier alpha value is -0.257. The summed E-state index contributed by atoms with van der Waals surface area (Å²) in [6.07, 6.45) is 0.535. The molecular formula is C6H16BiN2O4. The SMILES string of the molecule is O=C([O-])CCCCC(=O)[O-].[Bi].[NH4+].[NH4+]. The van der Waals surface area contributed by atoms with Crippen LogP contribution in [0.4, 0.5) is 0 Å². The van der Waals surface area contributed by atoms with Crippen LogP contribution >= 0.6 is 0 Å². The van der Waals surface area contributed by atoms with Crippen LogP contribution in [0.5, 0.6) is 0 Å². The molecule has 0 aliphatic heterocycles. The topological polar surface area (TPSA) is 153 Å². The molecule has 0 rings (SSSR count). The summed E-state index contributed by atoms with van der Waals surface area (Å²) in [4.78, 5) is 19.5. The van der Waals surface area contributed by atoms with E-state index in [2.05, 4.69) is 0 Å². The molecule has 0 saturated heterocycles. The number of carboxylic acid groups (broad SMARTS) is 2. The predicted octanol–water partition coefficient (Wildman–Crippen LogP) is -1.58. The maximum absolute atomic E-state index is 9.77. The minimum absolute atomic E-state index is 0. The third-order valence-corrected chi connectivity index (χ3v) is 1.01. The molecule has 8 N–H and O–H groups in total. The molecule has 0 unspecified atom stereocenters. The molecule has 0 amide bonds. The molecule has 0 heterocycles. The van der Waals surface area contributed by atoms with Gasteiger partial charge in [-0.2, -0.15) is 0 Å². The van der Waals surface area contributed by atoms with Gasteiger partial charge >= 0.3 is 0 Å². The number of hydrogen-bond acceptors (Lipinski definition) is 4. The number of aliphatic carboxylic acids is 2. The Labute approximate surface area is 96.0 Å². The summed E-state index contributed by atoms with van der Waals surface area (Å²) in [5, 5.41) is 19.5. The molecule has 0 saturated carbocycles. The van der Waals surface area contributed by atoms with Gasteiger partial charge in [0.05, 0.1) is 0 Å². The van der Waals surface area contributed by atoms with E-state index in [4.69, 9.17) is 0 Å². The van der Waals surface area contributed by atoms with Crippen molar-refractivity contribution in [1.29, 1.82) is 0 Å². The Morgan fingerprint density at radius 2 is 1.08 bits per heavy atom. The molecule has 3 radical (unpaired) electrons. The van der Waals surface area contributed by atoms with Gasteiger partial charge in [-0.25, -0.2) is 0 Å². The van der Waals surface area contributed by atoms with Crippen LogP contribution in [0.2, 0.25) is 0 Å². The van der Waals surface area contributed by atoms with Gasteiger partial charge in [0, 0.05) is 38.1 Å². The summed E-state index contributed by atoms with van der Waals surface area (Å²) in [5.41, 5.74) is 0. The average molecular weight is 389 g/mol. The molecule has 0 spiro atoms. The molecule has 0 aromatic rings. The molecule has 0 aromatic carbocycles. The van der Waals surface area contributed by atoms with E-state index < -0.39 is 11.9 Å². The molecule has 0 fully saturated rings. The van der Waals surface area contributed by atoms with Crippen LogP contribution < -0.4 is 22.5 Å². The minimum atomic E-state index is -1.14. The van der Waals surface area contributed by atoms with Crippen LogP contribution in [-0.2, 0) is 9.59 Å². The molecule has 6 nitrogen and oxygen atoms in total. The summed E-state index contributed by atoms with van der Waals surface area (Å²) >= 11 is 0. The van der Waals surface area contributed by atoms with Gasteiger partial charge in [0.2, 0.25) is 0 Å². The summed E-state index contributed by atoms with van der Waals surface area (Å²) in [6, 6.07) is 0. The average Bonchev–Trinajstić information content (AvgIpc) is 1.79. The molecule has 0 aliphatic carbocycles. The van der Waals surface area contributed by atoms with Crippen molar-refractivity contribution in [3.8, 4) is 0 Å². The number of carbonyl (C=O) groups is 2. The van der Waals surface area contributed by atoms with Gasteiger partial charge in [-0.3, -0.25) is 0 Å². The van der Waals surface area contributed by atoms with Crippen molar-refractivity contribution < 1.29 is 19.8 Å². The van der Waals surface area contributed by atoms with E-state index in [0.29, 0.717) is 12.8 Å². The van der Waals surface area contributed by atoms with Gasteiger partial charge in [-0.1, -0.05) is 0 Å². The molecule has 79 valence electrons. The second-order valence-corrected chi connectivity index (χ2v) is 1.95. The van der Waals surface area contributed by atoms with E-state index in [1.54, 1.807) is 0 Å². The standard InChI is InChI=1S/C6H10O4.Bi.2H3N/c7-5(8)3-1-2-4-6(9)10;;;/h1-4H2,(H,7,8)(H,9,10);;2*1H3. The van der Waals surface area contributed by atoms with Crippen LogP contribution in [0.15, 0.2) is 0 Å². The molecule has 0 atom stereocenters. The molecule has 7 heteroatoms. The molecule has 0 aliphatic rings. The Balaban J connectivity index is -0.000000135. The van der Waals surface area contributed by atoms with Crippen molar-refractivity contribution >= 4 is 38.1 Å². The number of unbranched alkanes of at least 4 members (excludes halogenated alkanes) is 1. The fourth-order valence-corrected chi connectivity index (χ4v) is 0.539. The maximum Gasteiger partial charge on any atom is 0.0414 e. The van der Waals surface area contributed by atoms with E-state index >= 15 is 0 Å². The summed E-state index contributed by atoms with van der Waals surface area (Å²) in [6.45, 7) is 0.